The molecule has 5 heterocycles. The number of allylic oxidation sites excluding steroid dienone is 4. The number of hydrogen-bond donors (Lipinski definition) is 5. The molecule has 13 aromatic rings. The van der Waals surface area contributed by atoms with Crippen molar-refractivity contribution in [1.29, 1.82) is 0 Å². The molecule has 35 nitrogen and oxygen atoms in total. The second-order valence-corrected chi connectivity index (χ2v) is 35.4. The number of carbonyl (C=O) groups is 5. The predicted molar refractivity (Wildman–Crippen MR) is 541 cm³/mol. The van der Waals surface area contributed by atoms with E-state index in [1.54, 1.807) is 70.5 Å². The summed E-state index contributed by atoms with van der Waals surface area (Å²) in [5.74, 6) is 4.69. The molecule has 18 rings (SSSR count). The lowest BCUT2D eigenvalue weighted by Crippen LogP contribution is -2.16. The van der Waals surface area contributed by atoms with E-state index in [-0.39, 0.29) is 84.3 Å². The first-order valence-electron chi connectivity index (χ1n) is 49.0. The second-order valence-electron chi connectivity index (χ2n) is 34.5. The van der Waals surface area contributed by atoms with Gasteiger partial charge >= 0.3 is 37.0 Å². The molecule has 144 heavy (non-hydrogen) atoms. The Labute approximate surface area is 844 Å². The minimum Gasteiger partial charge on any atom is -0.497 e. The molecule has 0 aliphatic heterocycles. The van der Waals surface area contributed by atoms with Gasteiger partial charge in [0.25, 0.3) is 29.4 Å². The van der Waals surface area contributed by atoms with Gasteiger partial charge in [-0.05, 0) is 295 Å². The first kappa shape index (κ1) is 106. The number of aromatic nitrogens is 15. The van der Waals surface area contributed by atoms with Crippen molar-refractivity contribution < 1.29 is 96.0 Å². The highest BCUT2D eigenvalue weighted by atomic mass is 79.9. The lowest BCUT2D eigenvalue weighted by Gasteiger charge is -2.22. The first-order valence-corrected chi connectivity index (χ1v) is 49.8. The molecule has 3 fully saturated rings. The molecule has 0 atom stereocenters. The number of ether oxygens (including phenoxy) is 12. The SMILES string of the molecule is CCOC(=O)c1[nH]nnc1Oc1ccc(C2CCCCC2)cc1.CCOC(=O)c1nnn(Cc2ccc(OC)cc2)c1Oc1ccc(Br)cc1.CCOC(=O)c1nnn(Cc2ccc(OC)cc2)c1Oc1ccc(C2=CCCCC2)cc1.CCOC(=O)c1nnn(Cc2ccc(OC)cc2)c1Oc1ccc(C2CCCCC2)cc1.O=C(O)c1[nH]nnc1Oc1ccc(C2CCCCC2)cc1.OB(O)C1=CCCCC1. The Balaban J connectivity index is 0.000000149. The van der Waals surface area contributed by atoms with Crippen LogP contribution in [0.4, 0.5) is 0 Å². The van der Waals surface area contributed by atoms with Gasteiger partial charge < -0.3 is 72.0 Å². The van der Waals surface area contributed by atoms with Crippen molar-refractivity contribution in [2.75, 3.05) is 47.8 Å². The van der Waals surface area contributed by atoms with E-state index >= 15 is 0 Å². The minimum atomic E-state index is -1.20. The fourth-order valence-corrected chi connectivity index (χ4v) is 17.3. The van der Waals surface area contributed by atoms with Crippen LogP contribution < -0.4 is 37.9 Å². The quantitative estimate of drug-likeness (QED) is 0.0145. The van der Waals surface area contributed by atoms with Crippen LogP contribution in [0.2, 0.25) is 0 Å². The van der Waals surface area contributed by atoms with Gasteiger partial charge in [-0.3, -0.25) is 0 Å². The molecule has 8 aromatic carbocycles. The molecule has 0 bridgehead atoms. The number of aromatic amines is 2. The number of H-pyrrole nitrogens is 2. The van der Waals surface area contributed by atoms with E-state index in [2.05, 4.69) is 108 Å². The van der Waals surface area contributed by atoms with E-state index in [9.17, 15) is 24.0 Å². The Morgan fingerprint density at radius 1 is 0.361 bits per heavy atom. The fraction of sp³-hybridized carbons (Fsp3) is 0.374. The topological polar surface area (TPSA) is 432 Å². The van der Waals surface area contributed by atoms with Crippen LogP contribution >= 0.6 is 15.9 Å². The van der Waals surface area contributed by atoms with Crippen LogP contribution in [0, 0.1) is 0 Å². The molecule has 0 unspecified atom stereocenters. The molecule has 0 spiro atoms. The number of benzene rings is 8. The molecule has 5 N–H and O–H groups in total. The van der Waals surface area contributed by atoms with Crippen molar-refractivity contribution in [3.8, 4) is 75.4 Å². The largest absolute Gasteiger partial charge is 0.497 e. The predicted octanol–water partition coefficient (Wildman–Crippen LogP) is 22.3. The number of carboxylic acid groups (broad SMARTS) is 1. The molecule has 5 aliphatic rings. The van der Waals surface area contributed by atoms with Crippen molar-refractivity contribution in [3.05, 3.63) is 284 Å². The van der Waals surface area contributed by atoms with Crippen molar-refractivity contribution in [2.45, 2.75) is 213 Å². The molecule has 5 aliphatic carbocycles. The molecular weight excluding hydrogens is 1910 g/mol. The van der Waals surface area contributed by atoms with E-state index in [0.29, 0.717) is 66.1 Å². The molecule has 0 radical (unpaired) electrons. The third-order valence-electron chi connectivity index (χ3n) is 24.6. The Hall–Kier alpha value is -14.8. The second kappa shape index (κ2) is 55.5. The van der Waals surface area contributed by atoms with Gasteiger partial charge in [-0.1, -0.05) is 207 Å². The summed E-state index contributed by atoms with van der Waals surface area (Å²) in [5, 5.41) is 70.0. The van der Waals surface area contributed by atoms with Crippen molar-refractivity contribution in [1.82, 2.24) is 75.8 Å². The summed E-state index contributed by atoms with van der Waals surface area (Å²) >= 11 is 3.38. The van der Waals surface area contributed by atoms with Crippen molar-refractivity contribution >= 4 is 58.5 Å². The smallest absolute Gasteiger partial charge is 0.483 e. The van der Waals surface area contributed by atoms with Gasteiger partial charge in [0.1, 0.15) is 46.0 Å². The maximum Gasteiger partial charge on any atom is 0.483 e. The molecule has 5 aromatic heterocycles. The van der Waals surface area contributed by atoms with Crippen molar-refractivity contribution in [2.24, 2.45) is 0 Å². The van der Waals surface area contributed by atoms with E-state index in [4.69, 9.17) is 72.0 Å². The van der Waals surface area contributed by atoms with E-state index in [1.807, 2.05) is 164 Å². The maximum absolute atomic E-state index is 12.4. The lowest BCUT2D eigenvalue weighted by molar-refractivity contribution is 0.0506. The number of rotatable bonds is 33. The zero-order valence-corrected chi connectivity index (χ0v) is 83.7. The summed E-state index contributed by atoms with van der Waals surface area (Å²) in [6.45, 7) is 9.15. The highest BCUT2D eigenvalue weighted by molar-refractivity contribution is 9.10. The van der Waals surface area contributed by atoms with E-state index in [1.165, 1.54) is 148 Å². The molecule has 3 saturated carbocycles. The van der Waals surface area contributed by atoms with Gasteiger partial charge in [0.2, 0.25) is 28.5 Å². The Bertz CT molecular complexity index is 6260. The third-order valence-corrected chi connectivity index (χ3v) is 25.1. The third kappa shape index (κ3) is 31.3. The lowest BCUT2D eigenvalue weighted by atomic mass is 9.74. The average molecular weight is 2030 g/mol. The number of esters is 4. The summed E-state index contributed by atoms with van der Waals surface area (Å²) in [5.41, 5.74) is 10.4. The fourth-order valence-electron chi connectivity index (χ4n) is 17.0. The highest BCUT2D eigenvalue weighted by Crippen LogP contribution is 2.40. The summed E-state index contributed by atoms with van der Waals surface area (Å²) in [7, 11) is 3.66. The maximum atomic E-state index is 12.4. The van der Waals surface area contributed by atoms with Gasteiger partial charge in [0.05, 0.1) is 67.4 Å². The van der Waals surface area contributed by atoms with E-state index < -0.39 is 37.0 Å². The number of carboxylic acids is 1. The van der Waals surface area contributed by atoms with Crippen LogP contribution in [-0.4, -0.2) is 176 Å². The van der Waals surface area contributed by atoms with Gasteiger partial charge in [-0.25, -0.2) is 48.2 Å². The Kier molecular flexibility index (Phi) is 41.1. The van der Waals surface area contributed by atoms with Gasteiger partial charge in [0.15, 0.2) is 0 Å². The monoisotopic (exact) mass is 2030 g/mol. The molecule has 0 amide bonds. The van der Waals surface area contributed by atoms with E-state index in [0.717, 1.165) is 76.0 Å². The Morgan fingerprint density at radius 2 is 0.674 bits per heavy atom. The standard InChI is InChI=1S/C25H29N3O4.C25H27N3O4.C19H18BrN3O4.C17H21N3O3.C15H17N3O3.C6H11BO2/c2*1-3-31-25(29)23-24(28(27-26-23)17-18-9-13-21(30-2)14-10-18)32-22-15-11-20(12-16-22)19-7-5-4-6-8-19;1-3-26-19(24)17-18(27-16-10-6-14(20)7-11-16)23(22-21-17)12-13-4-8-15(25-2)9-5-13;1-2-22-17(21)15-16(19-20-18-15)23-14-10-8-13(9-11-14)12-6-4-3-5-7-12;19-15(20)13-14(17-18-16-13)21-12-8-6-11(7-9-12)10-4-2-1-3-5-10;8-7(9)6-4-2-1-3-5-6/h9-16,19H,3-8,17H2,1-2H3;7,9-16H,3-6,8,17H2,1-2H3;4-11H,3,12H2,1-2H3;8-12H,2-7H2,1H3,(H,18,19,20);6-10H,1-5H2,(H,19,20)(H,16,17,18);4,8-9H,1-3,5H2. The highest BCUT2D eigenvalue weighted by Gasteiger charge is 2.30. The summed E-state index contributed by atoms with van der Waals surface area (Å²) in [4.78, 5) is 59.8. The van der Waals surface area contributed by atoms with Crippen LogP contribution in [0.25, 0.3) is 5.57 Å². The number of halogens is 1. The molecule has 756 valence electrons. The minimum absolute atomic E-state index is 0.0204. The van der Waals surface area contributed by atoms with Crippen LogP contribution in [0.5, 0.6) is 75.4 Å². The average Bonchev–Trinajstić information content (AvgIpc) is 1.65. The summed E-state index contributed by atoms with van der Waals surface area (Å²) < 4.78 is 70.7. The van der Waals surface area contributed by atoms with Crippen LogP contribution in [0.1, 0.15) is 285 Å². The van der Waals surface area contributed by atoms with Crippen LogP contribution in [0.15, 0.2) is 216 Å². The Morgan fingerprint density at radius 3 is 0.986 bits per heavy atom. The molecule has 37 heteroatoms. The van der Waals surface area contributed by atoms with Gasteiger partial charge in [-0.15, -0.1) is 15.3 Å². The zero-order valence-electron chi connectivity index (χ0n) is 82.1. The van der Waals surface area contributed by atoms with Crippen molar-refractivity contribution in [3.63, 3.8) is 0 Å². The van der Waals surface area contributed by atoms with Crippen LogP contribution in [0.3, 0.4) is 0 Å². The first-order chi connectivity index (χ1) is 70.3. The number of methoxy groups -OCH3 is 3. The normalized spacial score (nSPS) is 14.0. The van der Waals surface area contributed by atoms with Gasteiger partial charge in [0, 0.05) is 4.47 Å². The number of nitrogens with zero attached hydrogens (tertiary/aromatic N) is 13. The van der Waals surface area contributed by atoms with Crippen LogP contribution in [-0.2, 0) is 38.6 Å². The number of carbonyl (C=O) groups excluding carboxylic acids is 4. The van der Waals surface area contributed by atoms with Gasteiger partial charge in [-0.2, -0.15) is 0 Å². The molecular formula is C107H123BBrN15O20. The summed E-state index contributed by atoms with van der Waals surface area (Å²) in [6.07, 6.45) is 32.4. The number of aromatic carboxylic acids is 1. The number of nitrogens with one attached hydrogen (secondary N) is 2. The molecule has 0 saturated heterocycles. The summed E-state index contributed by atoms with van der Waals surface area (Å²) in [6, 6.07) is 61.9. The number of hydrogen-bond acceptors (Lipinski definition) is 29. The zero-order chi connectivity index (χ0) is 101.